The summed E-state index contributed by atoms with van der Waals surface area (Å²) in [6.45, 7) is 12.5. The number of ether oxygens (including phenoxy) is 1. The van der Waals surface area contributed by atoms with E-state index in [2.05, 4.69) is 56.8 Å². The van der Waals surface area contributed by atoms with E-state index in [0.29, 0.717) is 12.1 Å². The SMILES string of the molecule is CN=C(NCC(c1cccs1)N1CCOCC1)NC[C@H]1CCCN1CC(C)C.I. The van der Waals surface area contributed by atoms with E-state index in [0.717, 1.165) is 51.3 Å². The molecular formula is C21H38IN5OS. The van der Waals surface area contributed by atoms with Crippen LogP contribution in [0, 0.1) is 5.92 Å². The van der Waals surface area contributed by atoms with Gasteiger partial charge in [0.25, 0.3) is 0 Å². The maximum atomic E-state index is 5.55. The van der Waals surface area contributed by atoms with E-state index < -0.39 is 0 Å². The molecule has 2 N–H and O–H groups in total. The second-order valence-electron chi connectivity index (χ2n) is 8.20. The van der Waals surface area contributed by atoms with Crippen LogP contribution in [0.3, 0.4) is 0 Å². The Morgan fingerprint density at radius 3 is 2.72 bits per heavy atom. The fraction of sp³-hybridized carbons (Fsp3) is 0.762. The number of halogens is 1. The van der Waals surface area contributed by atoms with Crippen molar-refractivity contribution in [2.45, 2.75) is 38.8 Å². The smallest absolute Gasteiger partial charge is 0.191 e. The molecule has 2 saturated heterocycles. The number of hydrogen-bond donors (Lipinski definition) is 2. The van der Waals surface area contributed by atoms with E-state index in [1.54, 1.807) is 0 Å². The fourth-order valence-electron chi connectivity index (χ4n) is 4.24. The first-order valence-electron chi connectivity index (χ1n) is 10.7. The molecule has 0 aliphatic carbocycles. The summed E-state index contributed by atoms with van der Waals surface area (Å²) < 4.78 is 5.55. The zero-order valence-corrected chi connectivity index (χ0v) is 21.2. The highest BCUT2D eigenvalue weighted by Gasteiger charge is 2.26. The van der Waals surface area contributed by atoms with Crippen LogP contribution in [0.25, 0.3) is 0 Å². The molecule has 29 heavy (non-hydrogen) atoms. The quantitative estimate of drug-likeness (QED) is 0.305. The Morgan fingerprint density at radius 2 is 2.07 bits per heavy atom. The Bertz CT molecular complexity index is 592. The van der Waals surface area contributed by atoms with Crippen LogP contribution < -0.4 is 10.6 Å². The molecule has 3 rings (SSSR count). The van der Waals surface area contributed by atoms with Gasteiger partial charge in [0.2, 0.25) is 0 Å². The Morgan fingerprint density at radius 1 is 1.28 bits per heavy atom. The molecule has 0 radical (unpaired) electrons. The van der Waals surface area contributed by atoms with Crippen LogP contribution in [0.1, 0.15) is 37.6 Å². The van der Waals surface area contributed by atoms with Crippen molar-refractivity contribution in [3.63, 3.8) is 0 Å². The van der Waals surface area contributed by atoms with Gasteiger partial charge in [-0.1, -0.05) is 19.9 Å². The first-order valence-corrected chi connectivity index (χ1v) is 11.6. The second-order valence-corrected chi connectivity index (χ2v) is 9.18. The van der Waals surface area contributed by atoms with Gasteiger partial charge in [-0.25, -0.2) is 0 Å². The first-order chi connectivity index (χ1) is 13.7. The van der Waals surface area contributed by atoms with Gasteiger partial charge in [-0.05, 0) is 36.8 Å². The molecule has 0 bridgehead atoms. The molecule has 3 heterocycles. The highest BCUT2D eigenvalue weighted by molar-refractivity contribution is 14.0. The van der Waals surface area contributed by atoms with Crippen molar-refractivity contribution in [1.82, 2.24) is 20.4 Å². The Labute approximate surface area is 197 Å². The standard InChI is InChI=1S/C21H37N5OS.HI/c1-17(2)16-26-8-4-6-18(26)14-23-21(22-3)24-15-19(20-7-5-13-28-20)25-9-11-27-12-10-25;/h5,7,13,17-19H,4,6,8-12,14-16H2,1-3H3,(H2,22,23,24);1H/t18-,19?;/m1./s1. The van der Waals surface area contributed by atoms with E-state index in [9.17, 15) is 0 Å². The summed E-state index contributed by atoms with van der Waals surface area (Å²) in [5, 5.41) is 9.32. The highest BCUT2D eigenvalue weighted by atomic mass is 127. The molecule has 2 atom stereocenters. The molecule has 0 saturated carbocycles. The molecular weight excluding hydrogens is 497 g/mol. The number of guanidine groups is 1. The van der Waals surface area contributed by atoms with E-state index in [4.69, 9.17) is 4.74 Å². The number of morpholine rings is 1. The maximum absolute atomic E-state index is 5.55. The minimum atomic E-state index is 0. The molecule has 0 aromatic carbocycles. The lowest BCUT2D eigenvalue weighted by atomic mass is 10.1. The number of thiophene rings is 1. The van der Waals surface area contributed by atoms with Crippen molar-refractivity contribution in [3.8, 4) is 0 Å². The summed E-state index contributed by atoms with van der Waals surface area (Å²) in [6.07, 6.45) is 2.59. The molecule has 166 valence electrons. The normalized spacial score (nSPS) is 22.5. The van der Waals surface area contributed by atoms with Crippen LogP contribution in [0.2, 0.25) is 0 Å². The largest absolute Gasteiger partial charge is 0.379 e. The fourth-order valence-corrected chi connectivity index (χ4v) is 5.10. The predicted molar refractivity (Wildman–Crippen MR) is 134 cm³/mol. The Balaban J connectivity index is 0.00000300. The van der Waals surface area contributed by atoms with E-state index in [1.807, 2.05) is 18.4 Å². The van der Waals surface area contributed by atoms with Crippen LogP contribution in [-0.4, -0.2) is 81.3 Å². The zero-order valence-electron chi connectivity index (χ0n) is 18.1. The number of likely N-dealkylation sites (tertiary alicyclic amines) is 1. The summed E-state index contributed by atoms with van der Waals surface area (Å²) in [4.78, 5) is 11.0. The second kappa shape index (κ2) is 13.1. The molecule has 2 aliphatic rings. The molecule has 2 fully saturated rings. The number of hydrogen-bond acceptors (Lipinski definition) is 5. The van der Waals surface area contributed by atoms with Crippen LogP contribution in [0.5, 0.6) is 0 Å². The van der Waals surface area contributed by atoms with Gasteiger partial charge in [0, 0.05) is 50.7 Å². The van der Waals surface area contributed by atoms with Gasteiger partial charge < -0.3 is 15.4 Å². The third kappa shape index (κ3) is 7.65. The molecule has 0 amide bonds. The van der Waals surface area contributed by atoms with Crippen LogP contribution in [0.4, 0.5) is 0 Å². The Hall–Kier alpha value is -0.420. The lowest BCUT2D eigenvalue weighted by Crippen LogP contribution is -2.48. The highest BCUT2D eigenvalue weighted by Crippen LogP contribution is 2.25. The molecule has 0 spiro atoms. The summed E-state index contributed by atoms with van der Waals surface area (Å²) in [6, 6.07) is 5.37. The van der Waals surface area contributed by atoms with Crippen LogP contribution >= 0.6 is 35.3 Å². The van der Waals surface area contributed by atoms with Crippen molar-refractivity contribution < 1.29 is 4.74 Å². The van der Waals surface area contributed by atoms with Crippen molar-refractivity contribution in [2.24, 2.45) is 10.9 Å². The van der Waals surface area contributed by atoms with Gasteiger partial charge in [0.1, 0.15) is 0 Å². The average molecular weight is 536 g/mol. The summed E-state index contributed by atoms with van der Waals surface area (Å²) in [5.74, 6) is 1.63. The lowest BCUT2D eigenvalue weighted by Gasteiger charge is -2.34. The van der Waals surface area contributed by atoms with Crippen LogP contribution in [0.15, 0.2) is 22.5 Å². The lowest BCUT2D eigenvalue weighted by molar-refractivity contribution is 0.0177. The van der Waals surface area contributed by atoms with Gasteiger partial charge in [0.15, 0.2) is 5.96 Å². The van der Waals surface area contributed by atoms with Gasteiger partial charge in [0.05, 0.1) is 19.3 Å². The zero-order chi connectivity index (χ0) is 19.8. The molecule has 2 aliphatic heterocycles. The summed E-state index contributed by atoms with van der Waals surface area (Å²) in [7, 11) is 1.87. The number of aliphatic imine (C=N–C) groups is 1. The predicted octanol–water partition coefficient (Wildman–Crippen LogP) is 3.02. The minimum absolute atomic E-state index is 0. The molecule has 1 aromatic heterocycles. The average Bonchev–Trinajstić information content (AvgIpc) is 3.37. The van der Waals surface area contributed by atoms with E-state index >= 15 is 0 Å². The van der Waals surface area contributed by atoms with Crippen molar-refractivity contribution >= 4 is 41.3 Å². The molecule has 6 nitrogen and oxygen atoms in total. The van der Waals surface area contributed by atoms with Gasteiger partial charge >= 0.3 is 0 Å². The summed E-state index contributed by atoms with van der Waals surface area (Å²) >= 11 is 1.83. The van der Waals surface area contributed by atoms with Crippen LogP contribution in [-0.2, 0) is 4.74 Å². The van der Waals surface area contributed by atoms with Crippen molar-refractivity contribution in [1.29, 1.82) is 0 Å². The maximum Gasteiger partial charge on any atom is 0.191 e. The van der Waals surface area contributed by atoms with Gasteiger partial charge in [-0.2, -0.15) is 0 Å². The minimum Gasteiger partial charge on any atom is -0.379 e. The monoisotopic (exact) mass is 535 g/mol. The first kappa shape index (κ1) is 24.8. The van der Waals surface area contributed by atoms with Crippen molar-refractivity contribution in [2.75, 3.05) is 59.5 Å². The third-order valence-corrected chi connectivity index (χ3v) is 6.62. The summed E-state index contributed by atoms with van der Waals surface area (Å²) in [5.41, 5.74) is 0. The van der Waals surface area contributed by atoms with Gasteiger partial charge in [-0.15, -0.1) is 35.3 Å². The number of rotatable bonds is 8. The molecule has 8 heteroatoms. The number of nitrogens with zero attached hydrogens (tertiary/aromatic N) is 3. The molecule has 1 unspecified atom stereocenters. The Kier molecular flexibility index (Phi) is 11.2. The number of nitrogens with one attached hydrogen (secondary N) is 2. The molecule has 1 aromatic rings. The van der Waals surface area contributed by atoms with Gasteiger partial charge in [-0.3, -0.25) is 14.8 Å². The third-order valence-electron chi connectivity index (χ3n) is 5.65. The van der Waals surface area contributed by atoms with Crippen molar-refractivity contribution in [3.05, 3.63) is 22.4 Å². The van der Waals surface area contributed by atoms with E-state index in [-0.39, 0.29) is 24.0 Å². The van der Waals surface area contributed by atoms with E-state index in [1.165, 1.54) is 30.8 Å². The topological polar surface area (TPSA) is 52.1 Å².